The van der Waals surface area contributed by atoms with Crippen molar-refractivity contribution in [3.8, 4) is 11.5 Å². The van der Waals surface area contributed by atoms with E-state index in [4.69, 9.17) is 9.47 Å². The molecule has 0 saturated carbocycles. The van der Waals surface area contributed by atoms with Crippen LogP contribution in [0.15, 0.2) is 72.8 Å². The van der Waals surface area contributed by atoms with Crippen LogP contribution in [0, 0.1) is 0 Å². The van der Waals surface area contributed by atoms with E-state index in [-0.39, 0.29) is 37.0 Å². The highest BCUT2D eigenvalue weighted by atomic mass is 16.7. The molecule has 1 aromatic heterocycles. The lowest BCUT2D eigenvalue weighted by Gasteiger charge is -2.40. The largest absolute Gasteiger partial charge is 0.454 e. The van der Waals surface area contributed by atoms with Crippen molar-refractivity contribution in [3.05, 3.63) is 89.6 Å². The Balaban J connectivity index is 1.28. The lowest BCUT2D eigenvalue weighted by atomic mass is 9.83. The van der Waals surface area contributed by atoms with Gasteiger partial charge in [-0.3, -0.25) is 14.5 Å². The predicted molar refractivity (Wildman–Crippen MR) is 135 cm³/mol. The van der Waals surface area contributed by atoms with Crippen LogP contribution in [-0.4, -0.2) is 41.1 Å². The number of fused-ring (bicyclic) bond motifs is 4. The molecule has 0 aliphatic carbocycles. The number of rotatable bonds is 3. The Morgan fingerprint density at radius 2 is 1.69 bits per heavy atom. The molecule has 0 bridgehead atoms. The summed E-state index contributed by atoms with van der Waals surface area (Å²) in [4.78, 5) is 34.1. The Labute approximate surface area is 208 Å². The number of nitrogens with one attached hydrogen (secondary N) is 1. The van der Waals surface area contributed by atoms with Gasteiger partial charge in [0.1, 0.15) is 0 Å². The minimum Gasteiger partial charge on any atom is -0.454 e. The average molecular weight is 480 g/mol. The first-order valence-corrected chi connectivity index (χ1v) is 12.3. The summed E-state index contributed by atoms with van der Waals surface area (Å²) >= 11 is 0. The van der Waals surface area contributed by atoms with Crippen LogP contribution in [0.3, 0.4) is 0 Å². The van der Waals surface area contributed by atoms with E-state index < -0.39 is 6.04 Å². The van der Waals surface area contributed by atoms with Crippen molar-refractivity contribution in [3.63, 3.8) is 0 Å². The molecule has 7 nitrogen and oxygen atoms in total. The maximum absolute atomic E-state index is 13.8. The van der Waals surface area contributed by atoms with E-state index in [9.17, 15) is 9.59 Å². The minimum absolute atomic E-state index is 0.0502. The van der Waals surface area contributed by atoms with Gasteiger partial charge in [-0.25, -0.2) is 4.90 Å². The van der Waals surface area contributed by atoms with Gasteiger partial charge in [-0.15, -0.1) is 0 Å². The maximum Gasteiger partial charge on any atom is 0.251 e. The Bertz CT molecular complexity index is 1510. The molecule has 7 heteroatoms. The van der Waals surface area contributed by atoms with Gasteiger partial charge in [0.2, 0.25) is 12.7 Å². The number of hydrogen-bond donors (Lipinski definition) is 1. The summed E-state index contributed by atoms with van der Waals surface area (Å²) in [5, 5.41) is 1.21. The van der Waals surface area contributed by atoms with Crippen LogP contribution in [-0.2, 0) is 9.59 Å². The molecule has 0 radical (unpaired) electrons. The van der Waals surface area contributed by atoms with Crippen molar-refractivity contribution in [2.24, 2.45) is 0 Å². The van der Waals surface area contributed by atoms with Gasteiger partial charge in [0, 0.05) is 41.2 Å². The van der Waals surface area contributed by atoms with Gasteiger partial charge in [0.05, 0.1) is 18.2 Å². The molecule has 7 rings (SSSR count). The van der Waals surface area contributed by atoms with Crippen LogP contribution in [0.2, 0.25) is 0 Å². The number of nitrogens with zero attached hydrogens (tertiary/aromatic N) is 2. The van der Waals surface area contributed by atoms with Crippen LogP contribution >= 0.6 is 0 Å². The number of imide groups is 1. The first-order chi connectivity index (χ1) is 17.6. The van der Waals surface area contributed by atoms with Crippen molar-refractivity contribution in [2.75, 3.05) is 18.2 Å². The van der Waals surface area contributed by atoms with E-state index in [0.717, 1.165) is 11.2 Å². The number of anilines is 1. The number of H-pyrrole nitrogens is 1. The van der Waals surface area contributed by atoms with Gasteiger partial charge in [-0.1, -0.05) is 48.5 Å². The van der Waals surface area contributed by atoms with Crippen molar-refractivity contribution < 1.29 is 19.1 Å². The van der Waals surface area contributed by atoms with E-state index in [2.05, 4.69) is 59.3 Å². The average Bonchev–Trinajstić information content (AvgIpc) is 3.60. The summed E-state index contributed by atoms with van der Waals surface area (Å²) in [6.45, 7) is 2.91. The summed E-state index contributed by atoms with van der Waals surface area (Å²) in [5.74, 6) is 0.855. The molecule has 2 amide bonds. The summed E-state index contributed by atoms with van der Waals surface area (Å²) in [6.07, 6.45) is 0.148. The molecule has 3 aliphatic rings. The van der Waals surface area contributed by atoms with Crippen molar-refractivity contribution in [2.45, 2.75) is 31.3 Å². The molecule has 0 spiro atoms. The van der Waals surface area contributed by atoms with Crippen LogP contribution in [0.1, 0.15) is 42.1 Å². The van der Waals surface area contributed by atoms with Crippen LogP contribution < -0.4 is 14.4 Å². The number of carbonyl (C=O) groups excluding carboxylic acids is 2. The number of ether oxygens (including phenoxy) is 2. The van der Waals surface area contributed by atoms with Crippen LogP contribution in [0.5, 0.6) is 11.5 Å². The number of carbonyl (C=O) groups is 2. The van der Waals surface area contributed by atoms with Gasteiger partial charge >= 0.3 is 0 Å². The quantitative estimate of drug-likeness (QED) is 0.430. The summed E-state index contributed by atoms with van der Waals surface area (Å²) in [6, 6.07) is 23.4. The molecular formula is C29H25N3O4. The second-order valence-corrected chi connectivity index (χ2v) is 9.66. The summed E-state index contributed by atoms with van der Waals surface area (Å²) in [5.41, 5.74) is 5.20. The SMILES string of the molecule is CC1c2[nH]c3ccccc3c2C(c2ccccc2)CN1C1CC(=O)N(c2ccc3c(c2)OCO3)C1=O. The normalized spacial score (nSPS) is 23.5. The molecule has 3 aliphatic heterocycles. The highest BCUT2D eigenvalue weighted by Gasteiger charge is 2.47. The van der Waals surface area contributed by atoms with Crippen molar-refractivity contribution in [1.29, 1.82) is 0 Å². The van der Waals surface area contributed by atoms with Gasteiger partial charge in [0.25, 0.3) is 5.91 Å². The number of aromatic nitrogens is 1. The monoisotopic (exact) mass is 479 g/mol. The molecule has 3 unspecified atom stereocenters. The molecular weight excluding hydrogens is 454 g/mol. The minimum atomic E-state index is -0.538. The number of hydrogen-bond acceptors (Lipinski definition) is 5. The lowest BCUT2D eigenvalue weighted by Crippen LogP contribution is -2.47. The van der Waals surface area contributed by atoms with Crippen LogP contribution in [0.25, 0.3) is 10.9 Å². The fraction of sp³-hybridized carbons (Fsp3) is 0.241. The van der Waals surface area contributed by atoms with E-state index in [1.54, 1.807) is 18.2 Å². The predicted octanol–water partition coefficient (Wildman–Crippen LogP) is 4.74. The van der Waals surface area contributed by atoms with Gasteiger partial charge in [0.15, 0.2) is 11.5 Å². The van der Waals surface area contributed by atoms with Gasteiger partial charge in [-0.2, -0.15) is 0 Å². The van der Waals surface area contributed by atoms with Gasteiger partial charge < -0.3 is 14.5 Å². The van der Waals surface area contributed by atoms with E-state index in [1.165, 1.54) is 21.4 Å². The summed E-state index contributed by atoms with van der Waals surface area (Å²) < 4.78 is 10.9. The highest BCUT2D eigenvalue weighted by molar-refractivity contribution is 6.22. The Morgan fingerprint density at radius 3 is 2.56 bits per heavy atom. The molecule has 3 aromatic carbocycles. The third kappa shape index (κ3) is 3.09. The molecule has 4 heterocycles. The van der Waals surface area contributed by atoms with E-state index in [0.29, 0.717) is 23.7 Å². The molecule has 1 saturated heterocycles. The highest BCUT2D eigenvalue weighted by Crippen LogP contribution is 2.45. The number of amides is 2. The number of benzene rings is 3. The first kappa shape index (κ1) is 21.2. The third-order valence-electron chi connectivity index (χ3n) is 7.77. The van der Waals surface area contributed by atoms with Crippen molar-refractivity contribution in [1.82, 2.24) is 9.88 Å². The number of para-hydroxylation sites is 1. The molecule has 1 N–H and O–H groups in total. The Hall–Kier alpha value is -4.10. The fourth-order valence-corrected chi connectivity index (χ4v) is 6.04. The zero-order valence-corrected chi connectivity index (χ0v) is 19.8. The first-order valence-electron chi connectivity index (χ1n) is 12.3. The number of aromatic amines is 1. The maximum atomic E-state index is 13.8. The molecule has 4 aromatic rings. The zero-order chi connectivity index (χ0) is 24.4. The van der Waals surface area contributed by atoms with E-state index in [1.807, 2.05) is 12.1 Å². The summed E-state index contributed by atoms with van der Waals surface area (Å²) in [7, 11) is 0. The van der Waals surface area contributed by atoms with E-state index >= 15 is 0 Å². The topological polar surface area (TPSA) is 74.9 Å². The molecule has 36 heavy (non-hydrogen) atoms. The standard InChI is InChI=1S/C29H25N3O4/c1-17-28-27(20-9-5-6-10-22(20)30-28)21(18-7-3-2-4-8-18)15-31(17)23-14-26(33)32(29(23)34)19-11-12-24-25(13-19)36-16-35-24/h2-13,17,21,23,30H,14-16H2,1H3. The molecule has 180 valence electrons. The molecule has 1 fully saturated rings. The third-order valence-corrected chi connectivity index (χ3v) is 7.77. The zero-order valence-electron chi connectivity index (χ0n) is 19.8. The van der Waals surface area contributed by atoms with Gasteiger partial charge in [-0.05, 0) is 36.2 Å². The molecule has 3 atom stereocenters. The lowest BCUT2D eigenvalue weighted by molar-refractivity contribution is -0.123. The second-order valence-electron chi connectivity index (χ2n) is 9.66. The fourth-order valence-electron chi connectivity index (χ4n) is 6.04. The van der Waals surface area contributed by atoms with Crippen molar-refractivity contribution >= 4 is 28.4 Å². The Morgan fingerprint density at radius 1 is 0.917 bits per heavy atom. The van der Waals surface area contributed by atoms with Crippen LogP contribution in [0.4, 0.5) is 5.69 Å². The second kappa shape index (κ2) is 7.96. The Kier molecular flexibility index (Phi) is 4.69. The smallest absolute Gasteiger partial charge is 0.251 e.